The molecule has 11 nitrogen and oxygen atoms in total. The van der Waals surface area contributed by atoms with Gasteiger partial charge in [0.15, 0.2) is 0 Å². The highest BCUT2D eigenvalue weighted by molar-refractivity contribution is 7.21. The van der Waals surface area contributed by atoms with Crippen LogP contribution in [0.4, 0.5) is 25.0 Å². The fourth-order valence-corrected chi connectivity index (χ4v) is 5.02. The number of esters is 1. The monoisotopic (exact) mass is 640 g/mol. The van der Waals surface area contributed by atoms with E-state index in [-0.39, 0.29) is 40.6 Å². The number of carboxylic acid groups (broad SMARTS) is 1. The smallest absolute Gasteiger partial charge is 0.326 e. The number of carbonyl (C=O) groups excluding carboxylic acids is 3. The van der Waals surface area contributed by atoms with Gasteiger partial charge in [0.05, 0.1) is 26.5 Å². The molecule has 1 unspecified atom stereocenters. The van der Waals surface area contributed by atoms with Crippen LogP contribution >= 0.6 is 11.3 Å². The van der Waals surface area contributed by atoms with Gasteiger partial charge in [0.2, 0.25) is 0 Å². The molecule has 0 aliphatic rings. The van der Waals surface area contributed by atoms with Gasteiger partial charge in [0, 0.05) is 24.8 Å². The topological polar surface area (TPSA) is 156 Å². The van der Waals surface area contributed by atoms with Crippen molar-refractivity contribution >= 4 is 56.8 Å². The van der Waals surface area contributed by atoms with Crippen LogP contribution in [0.25, 0.3) is 10.2 Å². The van der Waals surface area contributed by atoms with E-state index in [9.17, 15) is 33.1 Å². The van der Waals surface area contributed by atoms with E-state index < -0.39 is 47.2 Å². The summed E-state index contributed by atoms with van der Waals surface area (Å²) >= 11 is 0.982. The molecular formula is C31H30F2N4O7S. The van der Waals surface area contributed by atoms with Crippen molar-refractivity contribution in [1.82, 2.24) is 10.3 Å². The number of urea groups is 1. The van der Waals surface area contributed by atoms with Crippen molar-refractivity contribution in [3.8, 4) is 11.5 Å². The maximum atomic E-state index is 14.9. The molecule has 3 amide bonds. The molecule has 0 saturated carbocycles. The SMILES string of the molecule is Cc1ccc(F)c(NC(=O)Nc2ccc(Oc3ccnc4cc(C(=O)NC(CCC(=O)OC(C)(C)C)C(=O)O)sc34)cc2F)c1. The Kier molecular flexibility index (Phi) is 9.97. The molecule has 2 heterocycles. The number of carbonyl (C=O) groups is 4. The third-order valence-electron chi connectivity index (χ3n) is 6.05. The molecule has 2 aromatic heterocycles. The number of hydrogen-bond acceptors (Lipinski definition) is 8. The molecule has 236 valence electrons. The van der Waals surface area contributed by atoms with E-state index in [1.54, 1.807) is 33.8 Å². The van der Waals surface area contributed by atoms with Crippen LogP contribution in [0.5, 0.6) is 11.5 Å². The zero-order valence-electron chi connectivity index (χ0n) is 24.7. The number of nitrogens with one attached hydrogen (secondary N) is 3. The van der Waals surface area contributed by atoms with Crippen LogP contribution < -0.4 is 20.7 Å². The van der Waals surface area contributed by atoms with Crippen molar-refractivity contribution in [3.63, 3.8) is 0 Å². The largest absolute Gasteiger partial charge is 0.480 e. The van der Waals surface area contributed by atoms with Crippen molar-refractivity contribution in [1.29, 1.82) is 0 Å². The Balaban J connectivity index is 1.43. The molecular weight excluding hydrogens is 610 g/mol. The zero-order chi connectivity index (χ0) is 32.9. The van der Waals surface area contributed by atoms with Gasteiger partial charge in [0.25, 0.3) is 5.91 Å². The Labute approximate surface area is 260 Å². The second-order valence-electron chi connectivity index (χ2n) is 10.9. The van der Waals surface area contributed by atoms with Gasteiger partial charge >= 0.3 is 18.0 Å². The first-order chi connectivity index (χ1) is 21.2. The van der Waals surface area contributed by atoms with E-state index in [0.29, 0.717) is 10.2 Å². The average Bonchev–Trinajstić information content (AvgIpc) is 3.39. The van der Waals surface area contributed by atoms with Gasteiger partial charge in [-0.05, 0) is 70.0 Å². The molecule has 0 bridgehead atoms. The van der Waals surface area contributed by atoms with Crippen LogP contribution in [0.15, 0.2) is 54.7 Å². The molecule has 0 spiro atoms. The summed E-state index contributed by atoms with van der Waals surface area (Å²) in [5, 5.41) is 16.6. The van der Waals surface area contributed by atoms with Crippen LogP contribution in [0.3, 0.4) is 0 Å². The summed E-state index contributed by atoms with van der Waals surface area (Å²) in [7, 11) is 0. The first-order valence-electron chi connectivity index (χ1n) is 13.6. The number of rotatable bonds is 10. The Bertz CT molecular complexity index is 1770. The quantitative estimate of drug-likeness (QED) is 0.141. The van der Waals surface area contributed by atoms with E-state index >= 15 is 0 Å². The number of aromatic nitrogens is 1. The minimum atomic E-state index is -1.34. The lowest BCUT2D eigenvalue weighted by Gasteiger charge is -2.20. The number of fused-ring (bicyclic) bond motifs is 1. The normalized spacial score (nSPS) is 11.9. The Hall–Kier alpha value is -5.11. The standard InChI is InChI=1S/C31H30F2N4O7S/c1-16-5-7-18(32)22(13-16)37-30(42)36-20-8-6-17(14-19(20)33)43-24-11-12-34-23-15-25(45-27(23)24)28(39)35-21(29(40)41)9-10-26(38)44-31(2,3)4/h5-8,11-15,21H,9-10H2,1-4H3,(H,35,39)(H,40,41)(H2,36,37,42). The summed E-state index contributed by atoms with van der Waals surface area (Å²) in [5.74, 6) is -3.73. The molecule has 0 aliphatic heterocycles. The highest BCUT2D eigenvalue weighted by Crippen LogP contribution is 2.36. The number of thiophene rings is 1. The molecule has 0 saturated heterocycles. The average molecular weight is 641 g/mol. The number of halogens is 2. The highest BCUT2D eigenvalue weighted by Gasteiger charge is 2.25. The van der Waals surface area contributed by atoms with Crippen molar-refractivity contribution in [2.24, 2.45) is 0 Å². The predicted octanol–water partition coefficient (Wildman–Crippen LogP) is 6.62. The van der Waals surface area contributed by atoms with Crippen LogP contribution in [-0.4, -0.2) is 45.6 Å². The summed E-state index contributed by atoms with van der Waals surface area (Å²) in [6, 6.07) is 8.69. The minimum Gasteiger partial charge on any atom is -0.480 e. The number of amides is 3. The third-order valence-corrected chi connectivity index (χ3v) is 7.18. The van der Waals surface area contributed by atoms with E-state index in [1.165, 1.54) is 42.6 Å². The molecule has 45 heavy (non-hydrogen) atoms. The Morgan fingerprint density at radius 3 is 2.40 bits per heavy atom. The molecule has 0 radical (unpaired) electrons. The second kappa shape index (κ2) is 13.7. The van der Waals surface area contributed by atoms with E-state index in [4.69, 9.17) is 9.47 Å². The summed E-state index contributed by atoms with van der Waals surface area (Å²) < 4.78 is 40.3. The molecule has 0 aliphatic carbocycles. The fourth-order valence-electron chi connectivity index (χ4n) is 4.05. The van der Waals surface area contributed by atoms with Crippen LogP contribution in [-0.2, 0) is 14.3 Å². The zero-order valence-corrected chi connectivity index (χ0v) is 25.5. The fraction of sp³-hybridized carbons (Fsp3) is 0.258. The summed E-state index contributed by atoms with van der Waals surface area (Å²) in [5.41, 5.74) is 0.138. The number of benzene rings is 2. The number of nitrogens with zero attached hydrogens (tertiary/aromatic N) is 1. The van der Waals surface area contributed by atoms with Crippen molar-refractivity contribution in [2.75, 3.05) is 10.6 Å². The first-order valence-corrected chi connectivity index (χ1v) is 14.5. The second-order valence-corrected chi connectivity index (χ2v) is 12.0. The molecule has 14 heteroatoms. The minimum absolute atomic E-state index is 0.0576. The predicted molar refractivity (Wildman–Crippen MR) is 164 cm³/mol. The van der Waals surface area contributed by atoms with Crippen LogP contribution in [0.2, 0.25) is 0 Å². The van der Waals surface area contributed by atoms with Gasteiger partial charge in [-0.2, -0.15) is 0 Å². The maximum absolute atomic E-state index is 14.9. The summed E-state index contributed by atoms with van der Waals surface area (Å²) in [6.07, 6.45) is 1.05. The van der Waals surface area contributed by atoms with Crippen molar-refractivity contribution in [3.05, 3.63) is 76.8 Å². The number of ether oxygens (including phenoxy) is 2. The molecule has 0 fully saturated rings. The number of hydrogen-bond donors (Lipinski definition) is 4. The number of aryl methyl sites for hydroxylation is 1. The summed E-state index contributed by atoms with van der Waals surface area (Å²) in [6.45, 7) is 6.80. The van der Waals surface area contributed by atoms with Gasteiger partial charge in [-0.1, -0.05) is 6.07 Å². The molecule has 4 rings (SSSR count). The van der Waals surface area contributed by atoms with Gasteiger partial charge in [-0.15, -0.1) is 11.3 Å². The Morgan fingerprint density at radius 2 is 1.71 bits per heavy atom. The van der Waals surface area contributed by atoms with E-state index in [2.05, 4.69) is 20.9 Å². The number of aliphatic carboxylic acids is 1. The lowest BCUT2D eigenvalue weighted by atomic mass is 10.1. The highest BCUT2D eigenvalue weighted by atomic mass is 32.1. The lowest BCUT2D eigenvalue weighted by Crippen LogP contribution is -2.41. The molecule has 4 aromatic rings. The van der Waals surface area contributed by atoms with E-state index in [1.807, 2.05) is 0 Å². The van der Waals surface area contributed by atoms with Crippen molar-refractivity contribution in [2.45, 2.75) is 52.2 Å². The number of carboxylic acids is 1. The molecule has 4 N–H and O–H groups in total. The van der Waals surface area contributed by atoms with Crippen LogP contribution in [0.1, 0.15) is 48.8 Å². The first kappa shape index (κ1) is 32.8. The summed E-state index contributed by atoms with van der Waals surface area (Å²) in [4.78, 5) is 53.4. The third kappa shape index (κ3) is 8.95. The van der Waals surface area contributed by atoms with Crippen molar-refractivity contribution < 1.29 is 42.5 Å². The molecule has 1 atom stereocenters. The van der Waals surface area contributed by atoms with E-state index in [0.717, 1.165) is 23.0 Å². The van der Waals surface area contributed by atoms with Crippen LogP contribution in [0, 0.1) is 18.6 Å². The van der Waals surface area contributed by atoms with Gasteiger partial charge in [0.1, 0.15) is 34.8 Å². The maximum Gasteiger partial charge on any atom is 0.326 e. The van der Waals surface area contributed by atoms with Gasteiger partial charge < -0.3 is 30.5 Å². The number of anilines is 2. The number of pyridine rings is 1. The van der Waals surface area contributed by atoms with Gasteiger partial charge in [-0.3, -0.25) is 14.6 Å². The lowest BCUT2D eigenvalue weighted by molar-refractivity contribution is -0.155. The van der Waals surface area contributed by atoms with Gasteiger partial charge in [-0.25, -0.2) is 18.4 Å². The molecule has 2 aromatic carbocycles. The Morgan fingerprint density at radius 1 is 0.978 bits per heavy atom.